The third kappa shape index (κ3) is 5.99. The minimum atomic E-state index is 0.0275. The average Bonchev–Trinajstić information content (AvgIpc) is 3.65. The highest BCUT2D eigenvalue weighted by atomic mass is 16.5. The van der Waals surface area contributed by atoms with Crippen LogP contribution in [0.25, 0.3) is 11.3 Å². The summed E-state index contributed by atoms with van der Waals surface area (Å²) in [6, 6.07) is 12.3. The molecule has 2 aromatic rings. The van der Waals surface area contributed by atoms with Gasteiger partial charge in [0, 0.05) is 50.8 Å². The Hall–Kier alpha value is -3.00. The molecule has 0 bridgehead atoms. The van der Waals surface area contributed by atoms with Crippen LogP contribution in [0, 0.1) is 12.8 Å². The van der Waals surface area contributed by atoms with Crippen molar-refractivity contribution in [2.45, 2.75) is 45.1 Å². The summed E-state index contributed by atoms with van der Waals surface area (Å²) in [5.41, 5.74) is 3.12. The van der Waals surface area contributed by atoms with Crippen molar-refractivity contribution in [3.63, 3.8) is 0 Å². The smallest absolute Gasteiger partial charge is 0.242 e. The molecule has 1 aliphatic carbocycles. The molecule has 2 amide bonds. The molecular formula is C27H35N5O3. The highest BCUT2D eigenvalue weighted by Crippen LogP contribution is 2.31. The molecule has 1 saturated carbocycles. The van der Waals surface area contributed by atoms with Crippen LogP contribution >= 0.6 is 0 Å². The molecule has 2 saturated heterocycles. The Morgan fingerprint density at radius 3 is 2.49 bits per heavy atom. The molecule has 1 aromatic heterocycles. The van der Waals surface area contributed by atoms with Gasteiger partial charge >= 0.3 is 0 Å². The van der Waals surface area contributed by atoms with Gasteiger partial charge in [-0.2, -0.15) is 0 Å². The fourth-order valence-corrected chi connectivity index (χ4v) is 4.89. The molecule has 186 valence electrons. The molecule has 5 rings (SSSR count). The molecule has 8 nitrogen and oxygen atoms in total. The van der Waals surface area contributed by atoms with Crippen LogP contribution in [0.1, 0.15) is 37.7 Å². The van der Waals surface area contributed by atoms with E-state index in [4.69, 9.17) is 4.74 Å². The van der Waals surface area contributed by atoms with Crippen LogP contribution in [-0.2, 0) is 14.3 Å². The van der Waals surface area contributed by atoms with E-state index in [1.165, 1.54) is 5.56 Å². The molecule has 0 radical (unpaired) electrons. The van der Waals surface area contributed by atoms with Gasteiger partial charge in [-0.3, -0.25) is 9.59 Å². The minimum absolute atomic E-state index is 0.0275. The Labute approximate surface area is 207 Å². The van der Waals surface area contributed by atoms with E-state index in [2.05, 4.69) is 46.3 Å². The van der Waals surface area contributed by atoms with Gasteiger partial charge in [-0.1, -0.05) is 29.8 Å². The number of carbonyl (C=O) groups excluding carboxylic acids is 2. The zero-order chi connectivity index (χ0) is 24.2. The molecule has 3 heterocycles. The second-order valence-corrected chi connectivity index (χ2v) is 9.99. The monoisotopic (exact) mass is 477 g/mol. The Balaban J connectivity index is 1.18. The Kier molecular flexibility index (Phi) is 7.27. The van der Waals surface area contributed by atoms with Gasteiger partial charge in [-0.05, 0) is 51.2 Å². The standard InChI is InChI=1S/C27H35N5O3/c1-20-5-7-21(8-6-20)24-11-12-25(29-28-24)30-13-3-14-31(16-15-30)26(33)19-32(27(34)22-9-10-22)18-23-4-2-17-35-23/h5-8,11-12,22-23H,2-4,9-10,13-19H2,1H3. The van der Waals surface area contributed by atoms with Gasteiger partial charge < -0.3 is 19.4 Å². The number of hydrogen-bond donors (Lipinski definition) is 0. The first-order valence-corrected chi connectivity index (χ1v) is 12.9. The molecule has 3 aliphatic rings. The van der Waals surface area contributed by atoms with E-state index >= 15 is 0 Å². The largest absolute Gasteiger partial charge is 0.376 e. The lowest BCUT2D eigenvalue weighted by Crippen LogP contribution is -2.47. The predicted octanol–water partition coefficient (Wildman–Crippen LogP) is 2.91. The highest BCUT2D eigenvalue weighted by Gasteiger charge is 2.36. The first kappa shape index (κ1) is 23.7. The highest BCUT2D eigenvalue weighted by molar-refractivity contribution is 5.87. The number of aromatic nitrogens is 2. The maximum atomic E-state index is 13.2. The Morgan fingerprint density at radius 2 is 1.80 bits per heavy atom. The number of carbonyl (C=O) groups is 2. The number of rotatable bonds is 7. The number of nitrogens with zero attached hydrogens (tertiary/aromatic N) is 5. The molecule has 0 N–H and O–H groups in total. The lowest BCUT2D eigenvalue weighted by Gasteiger charge is -2.28. The van der Waals surface area contributed by atoms with E-state index in [1.54, 1.807) is 4.90 Å². The number of aryl methyl sites for hydroxylation is 1. The van der Waals surface area contributed by atoms with Crippen LogP contribution in [0.3, 0.4) is 0 Å². The van der Waals surface area contributed by atoms with Crippen molar-refractivity contribution in [1.82, 2.24) is 20.0 Å². The van der Waals surface area contributed by atoms with Gasteiger partial charge in [0.05, 0.1) is 18.3 Å². The van der Waals surface area contributed by atoms with E-state index in [0.29, 0.717) is 26.2 Å². The minimum Gasteiger partial charge on any atom is -0.376 e. The molecule has 3 fully saturated rings. The lowest BCUT2D eigenvalue weighted by atomic mass is 10.1. The fraction of sp³-hybridized carbons (Fsp3) is 0.556. The molecule has 8 heteroatoms. The van der Waals surface area contributed by atoms with E-state index in [1.807, 2.05) is 17.0 Å². The first-order valence-electron chi connectivity index (χ1n) is 12.9. The first-order chi connectivity index (χ1) is 17.1. The topological polar surface area (TPSA) is 78.9 Å². The van der Waals surface area contributed by atoms with E-state index in [0.717, 1.165) is 62.3 Å². The third-order valence-electron chi connectivity index (χ3n) is 7.18. The maximum Gasteiger partial charge on any atom is 0.242 e. The molecule has 2 aliphatic heterocycles. The lowest BCUT2D eigenvalue weighted by molar-refractivity contribution is -0.142. The summed E-state index contributed by atoms with van der Waals surface area (Å²) in [6.45, 7) is 6.33. The molecular weight excluding hydrogens is 442 g/mol. The van der Waals surface area contributed by atoms with E-state index in [-0.39, 0.29) is 30.4 Å². The maximum absolute atomic E-state index is 13.2. The molecule has 1 atom stereocenters. The van der Waals surface area contributed by atoms with Gasteiger partial charge in [0.15, 0.2) is 5.82 Å². The van der Waals surface area contributed by atoms with Crippen molar-refractivity contribution in [2.75, 3.05) is 50.8 Å². The second kappa shape index (κ2) is 10.7. The van der Waals surface area contributed by atoms with Crippen molar-refractivity contribution < 1.29 is 14.3 Å². The summed E-state index contributed by atoms with van der Waals surface area (Å²) in [5, 5.41) is 8.91. The van der Waals surface area contributed by atoms with Crippen LogP contribution in [-0.4, -0.2) is 83.8 Å². The molecule has 1 unspecified atom stereocenters. The summed E-state index contributed by atoms with van der Waals surface area (Å²) in [5.74, 6) is 1.08. The number of amides is 2. The van der Waals surface area contributed by atoms with Gasteiger partial charge in [0.1, 0.15) is 0 Å². The number of ether oxygens (including phenoxy) is 1. The fourth-order valence-electron chi connectivity index (χ4n) is 4.89. The zero-order valence-corrected chi connectivity index (χ0v) is 20.6. The van der Waals surface area contributed by atoms with Crippen LogP contribution in [0.2, 0.25) is 0 Å². The van der Waals surface area contributed by atoms with Crippen molar-refractivity contribution in [3.8, 4) is 11.3 Å². The summed E-state index contributed by atoms with van der Waals surface area (Å²) >= 11 is 0. The van der Waals surface area contributed by atoms with Crippen LogP contribution in [0.15, 0.2) is 36.4 Å². The zero-order valence-electron chi connectivity index (χ0n) is 20.6. The van der Waals surface area contributed by atoms with E-state index < -0.39 is 0 Å². The van der Waals surface area contributed by atoms with Gasteiger partial charge in [-0.15, -0.1) is 10.2 Å². The summed E-state index contributed by atoms with van der Waals surface area (Å²) in [4.78, 5) is 31.9. The van der Waals surface area contributed by atoms with Crippen LogP contribution < -0.4 is 4.90 Å². The Morgan fingerprint density at radius 1 is 0.971 bits per heavy atom. The van der Waals surface area contributed by atoms with Crippen molar-refractivity contribution >= 4 is 17.6 Å². The van der Waals surface area contributed by atoms with Crippen molar-refractivity contribution in [2.24, 2.45) is 5.92 Å². The van der Waals surface area contributed by atoms with Crippen molar-refractivity contribution in [3.05, 3.63) is 42.0 Å². The third-order valence-corrected chi connectivity index (χ3v) is 7.18. The molecule has 1 aromatic carbocycles. The van der Waals surface area contributed by atoms with Gasteiger partial charge in [-0.25, -0.2) is 0 Å². The number of benzene rings is 1. The number of hydrogen-bond acceptors (Lipinski definition) is 6. The number of anilines is 1. The van der Waals surface area contributed by atoms with Gasteiger partial charge in [0.2, 0.25) is 11.8 Å². The summed E-state index contributed by atoms with van der Waals surface area (Å²) in [7, 11) is 0. The van der Waals surface area contributed by atoms with Crippen LogP contribution in [0.5, 0.6) is 0 Å². The van der Waals surface area contributed by atoms with Crippen molar-refractivity contribution in [1.29, 1.82) is 0 Å². The summed E-state index contributed by atoms with van der Waals surface area (Å²) in [6.07, 6.45) is 4.79. The van der Waals surface area contributed by atoms with Crippen LogP contribution in [0.4, 0.5) is 5.82 Å². The Bertz CT molecular complexity index is 1020. The van der Waals surface area contributed by atoms with Gasteiger partial charge in [0.25, 0.3) is 0 Å². The predicted molar refractivity (Wildman–Crippen MR) is 134 cm³/mol. The molecule has 0 spiro atoms. The summed E-state index contributed by atoms with van der Waals surface area (Å²) < 4.78 is 5.75. The molecule has 35 heavy (non-hydrogen) atoms. The average molecular weight is 478 g/mol. The second-order valence-electron chi connectivity index (χ2n) is 9.99. The normalized spacial score (nSPS) is 20.5. The quantitative estimate of drug-likeness (QED) is 0.610. The van der Waals surface area contributed by atoms with E-state index in [9.17, 15) is 9.59 Å². The SMILES string of the molecule is Cc1ccc(-c2ccc(N3CCCN(C(=O)CN(CC4CCCO4)C(=O)C4CC4)CC3)nn2)cc1.